The molecule has 0 amide bonds. The minimum Gasteiger partial charge on any atom is -0.317 e. The molecule has 0 bridgehead atoms. The van der Waals surface area contributed by atoms with E-state index in [-0.39, 0.29) is 0 Å². The zero-order valence-corrected chi connectivity index (χ0v) is 10.0. The molecule has 1 aliphatic rings. The molecule has 2 aromatic rings. The predicted molar refractivity (Wildman–Crippen MR) is 71.0 cm³/mol. The molecule has 1 fully saturated rings. The number of nitrogens with zero attached hydrogens (tertiary/aromatic N) is 1. The zero-order valence-electron chi connectivity index (χ0n) is 10.0. The lowest BCUT2D eigenvalue weighted by molar-refractivity contribution is 0.373. The highest BCUT2D eigenvalue weighted by Crippen LogP contribution is 2.23. The quantitative estimate of drug-likeness (QED) is 0.851. The molecule has 17 heavy (non-hydrogen) atoms. The summed E-state index contributed by atoms with van der Waals surface area (Å²) in [4.78, 5) is 4.53. The van der Waals surface area contributed by atoms with Gasteiger partial charge in [0.1, 0.15) is 0 Å². The molecule has 88 valence electrons. The van der Waals surface area contributed by atoms with Crippen LogP contribution in [0.15, 0.2) is 36.5 Å². The van der Waals surface area contributed by atoms with Gasteiger partial charge in [0.25, 0.3) is 0 Å². The SMILES string of the molecule is c1cnc2c(CC3CCNCC3)cccc2c1. The van der Waals surface area contributed by atoms with E-state index in [1.165, 1.54) is 48.8 Å². The first-order valence-electron chi connectivity index (χ1n) is 6.47. The highest BCUT2D eigenvalue weighted by atomic mass is 14.9. The number of pyridine rings is 1. The first-order chi connectivity index (χ1) is 8.43. The van der Waals surface area contributed by atoms with Crippen LogP contribution < -0.4 is 5.32 Å². The summed E-state index contributed by atoms with van der Waals surface area (Å²) < 4.78 is 0. The van der Waals surface area contributed by atoms with Crippen molar-refractivity contribution in [3.8, 4) is 0 Å². The number of para-hydroxylation sites is 1. The van der Waals surface area contributed by atoms with Gasteiger partial charge in [-0.2, -0.15) is 0 Å². The second-order valence-electron chi connectivity index (χ2n) is 4.89. The number of hydrogen-bond acceptors (Lipinski definition) is 2. The molecule has 0 aliphatic carbocycles. The van der Waals surface area contributed by atoms with Crippen molar-refractivity contribution < 1.29 is 0 Å². The Hall–Kier alpha value is -1.41. The molecule has 2 heteroatoms. The number of piperidine rings is 1. The first-order valence-corrected chi connectivity index (χ1v) is 6.47. The van der Waals surface area contributed by atoms with Gasteiger partial charge in [-0.05, 0) is 49.9 Å². The molecule has 2 heterocycles. The lowest BCUT2D eigenvalue weighted by Crippen LogP contribution is -2.28. The summed E-state index contributed by atoms with van der Waals surface area (Å²) in [5, 5.41) is 4.68. The number of fused-ring (bicyclic) bond motifs is 1. The highest BCUT2D eigenvalue weighted by molar-refractivity contribution is 5.81. The maximum absolute atomic E-state index is 4.53. The Morgan fingerprint density at radius 1 is 1.12 bits per heavy atom. The normalized spacial score (nSPS) is 17.4. The minimum atomic E-state index is 0.823. The fourth-order valence-electron chi connectivity index (χ4n) is 2.73. The van der Waals surface area contributed by atoms with Crippen LogP contribution in [0.5, 0.6) is 0 Å². The lowest BCUT2D eigenvalue weighted by Gasteiger charge is -2.22. The van der Waals surface area contributed by atoms with Gasteiger partial charge < -0.3 is 5.32 Å². The Morgan fingerprint density at radius 3 is 2.82 bits per heavy atom. The van der Waals surface area contributed by atoms with Crippen LogP contribution in [0.25, 0.3) is 10.9 Å². The number of benzene rings is 1. The van der Waals surface area contributed by atoms with Crippen molar-refractivity contribution in [2.24, 2.45) is 5.92 Å². The van der Waals surface area contributed by atoms with E-state index in [0.717, 1.165) is 5.92 Å². The molecular weight excluding hydrogens is 208 g/mol. The van der Waals surface area contributed by atoms with E-state index in [9.17, 15) is 0 Å². The molecule has 0 unspecified atom stereocenters. The van der Waals surface area contributed by atoms with Gasteiger partial charge >= 0.3 is 0 Å². The van der Waals surface area contributed by atoms with Crippen LogP contribution >= 0.6 is 0 Å². The molecule has 0 radical (unpaired) electrons. The topological polar surface area (TPSA) is 24.9 Å². The second-order valence-corrected chi connectivity index (χ2v) is 4.89. The predicted octanol–water partition coefficient (Wildman–Crippen LogP) is 2.78. The maximum atomic E-state index is 4.53. The van der Waals surface area contributed by atoms with E-state index < -0.39 is 0 Å². The Labute approximate surface area is 102 Å². The largest absolute Gasteiger partial charge is 0.317 e. The van der Waals surface area contributed by atoms with Crippen LogP contribution in [0.2, 0.25) is 0 Å². The Morgan fingerprint density at radius 2 is 1.94 bits per heavy atom. The van der Waals surface area contributed by atoms with Crippen LogP contribution in [0.1, 0.15) is 18.4 Å². The van der Waals surface area contributed by atoms with Crippen LogP contribution in [0.3, 0.4) is 0 Å². The van der Waals surface area contributed by atoms with Crippen molar-refractivity contribution in [3.63, 3.8) is 0 Å². The number of rotatable bonds is 2. The molecular formula is C15H18N2. The van der Waals surface area contributed by atoms with E-state index in [2.05, 4.69) is 34.6 Å². The number of aromatic nitrogens is 1. The standard InChI is InChI=1S/C15H18N2/c1-3-13-5-2-8-17-15(13)14(4-1)11-12-6-9-16-10-7-12/h1-5,8,12,16H,6-7,9-11H2. The van der Waals surface area contributed by atoms with Crippen LogP contribution in [-0.4, -0.2) is 18.1 Å². The fraction of sp³-hybridized carbons (Fsp3) is 0.400. The van der Waals surface area contributed by atoms with Gasteiger partial charge in [-0.1, -0.05) is 24.3 Å². The molecule has 0 atom stereocenters. The Balaban J connectivity index is 1.89. The smallest absolute Gasteiger partial charge is 0.0733 e. The van der Waals surface area contributed by atoms with Crippen molar-refractivity contribution in [3.05, 3.63) is 42.1 Å². The van der Waals surface area contributed by atoms with Crippen molar-refractivity contribution in [2.75, 3.05) is 13.1 Å². The molecule has 1 aromatic heterocycles. The summed E-state index contributed by atoms with van der Waals surface area (Å²) in [6, 6.07) is 10.7. The second kappa shape index (κ2) is 4.84. The van der Waals surface area contributed by atoms with Crippen LogP contribution in [0.4, 0.5) is 0 Å². The van der Waals surface area contributed by atoms with Crippen molar-refractivity contribution in [2.45, 2.75) is 19.3 Å². The molecule has 1 aromatic carbocycles. The molecule has 0 saturated carbocycles. The monoisotopic (exact) mass is 226 g/mol. The van der Waals surface area contributed by atoms with Crippen molar-refractivity contribution in [1.82, 2.24) is 10.3 Å². The summed E-state index contributed by atoms with van der Waals surface area (Å²) >= 11 is 0. The highest BCUT2D eigenvalue weighted by Gasteiger charge is 2.14. The summed E-state index contributed by atoms with van der Waals surface area (Å²) in [5.41, 5.74) is 2.60. The zero-order chi connectivity index (χ0) is 11.5. The van der Waals surface area contributed by atoms with Gasteiger partial charge in [-0.15, -0.1) is 0 Å². The van der Waals surface area contributed by atoms with Crippen LogP contribution in [-0.2, 0) is 6.42 Å². The summed E-state index contributed by atoms with van der Waals surface area (Å²) in [6.45, 7) is 2.34. The van der Waals surface area contributed by atoms with E-state index in [1.54, 1.807) is 0 Å². The van der Waals surface area contributed by atoms with E-state index in [1.807, 2.05) is 12.3 Å². The molecule has 0 spiro atoms. The van der Waals surface area contributed by atoms with Crippen molar-refractivity contribution in [1.29, 1.82) is 0 Å². The third-order valence-corrected chi connectivity index (χ3v) is 3.68. The lowest BCUT2D eigenvalue weighted by atomic mass is 9.90. The molecule has 1 N–H and O–H groups in total. The van der Waals surface area contributed by atoms with Gasteiger partial charge in [0.15, 0.2) is 0 Å². The van der Waals surface area contributed by atoms with Gasteiger partial charge in [-0.25, -0.2) is 0 Å². The third kappa shape index (κ3) is 2.32. The molecule has 3 rings (SSSR count). The molecule has 2 nitrogen and oxygen atoms in total. The van der Waals surface area contributed by atoms with Crippen molar-refractivity contribution >= 4 is 10.9 Å². The Bertz CT molecular complexity index is 496. The summed E-state index contributed by atoms with van der Waals surface area (Å²) in [5.74, 6) is 0.823. The van der Waals surface area contributed by atoms with E-state index in [4.69, 9.17) is 0 Å². The van der Waals surface area contributed by atoms with Gasteiger partial charge in [0.05, 0.1) is 5.52 Å². The van der Waals surface area contributed by atoms with Gasteiger partial charge in [0.2, 0.25) is 0 Å². The summed E-state index contributed by atoms with van der Waals surface area (Å²) in [6.07, 6.45) is 5.66. The number of hydrogen-bond donors (Lipinski definition) is 1. The van der Waals surface area contributed by atoms with E-state index in [0.29, 0.717) is 0 Å². The molecule has 1 saturated heterocycles. The number of nitrogens with one attached hydrogen (secondary N) is 1. The average Bonchev–Trinajstić information content (AvgIpc) is 2.40. The Kier molecular flexibility index (Phi) is 3.06. The van der Waals surface area contributed by atoms with Gasteiger partial charge in [-0.3, -0.25) is 4.98 Å². The van der Waals surface area contributed by atoms with E-state index >= 15 is 0 Å². The maximum Gasteiger partial charge on any atom is 0.0733 e. The average molecular weight is 226 g/mol. The minimum absolute atomic E-state index is 0.823. The van der Waals surface area contributed by atoms with Gasteiger partial charge in [0, 0.05) is 11.6 Å². The fourth-order valence-corrected chi connectivity index (χ4v) is 2.73. The van der Waals surface area contributed by atoms with Crippen LogP contribution in [0, 0.1) is 5.92 Å². The molecule has 1 aliphatic heterocycles. The third-order valence-electron chi connectivity index (χ3n) is 3.68. The first kappa shape index (κ1) is 10.7. The summed E-state index contributed by atoms with van der Waals surface area (Å²) in [7, 11) is 0.